The van der Waals surface area contributed by atoms with Crippen LogP contribution in [-0.4, -0.2) is 32.1 Å². The molecule has 0 bridgehead atoms. The summed E-state index contributed by atoms with van der Waals surface area (Å²) in [5, 5.41) is 0.267. The monoisotopic (exact) mass is 322 g/mol. The number of carbonyl (C=O) groups excluding carboxylic acids is 1. The molecule has 6 nitrogen and oxygen atoms in total. The molecule has 22 heavy (non-hydrogen) atoms. The molecule has 0 aliphatic heterocycles. The number of imidazole rings is 1. The molecule has 2 rings (SSSR count). The lowest BCUT2D eigenvalue weighted by Gasteiger charge is -2.07. The van der Waals surface area contributed by atoms with Gasteiger partial charge in [0.1, 0.15) is 5.52 Å². The van der Waals surface area contributed by atoms with Crippen LogP contribution in [-0.2, 0) is 9.53 Å². The van der Waals surface area contributed by atoms with Gasteiger partial charge < -0.3 is 9.30 Å². The maximum atomic E-state index is 11.5. The van der Waals surface area contributed by atoms with Gasteiger partial charge in [0.2, 0.25) is 0 Å². The van der Waals surface area contributed by atoms with Gasteiger partial charge in [-0.25, -0.2) is 19.7 Å². The normalized spacial score (nSPS) is 11.7. The predicted molar refractivity (Wildman–Crippen MR) is 85.6 cm³/mol. The first-order chi connectivity index (χ1) is 10.5. The number of nitrogens with zero attached hydrogens (tertiary/aromatic N) is 4. The summed E-state index contributed by atoms with van der Waals surface area (Å²) < 4.78 is 6.94. The second-order valence-corrected chi connectivity index (χ2v) is 5.50. The molecule has 0 aliphatic carbocycles. The number of aromatic nitrogens is 4. The van der Waals surface area contributed by atoms with Crippen LogP contribution in [0.1, 0.15) is 45.5 Å². The third-order valence-corrected chi connectivity index (χ3v) is 3.33. The number of hydrogen-bond acceptors (Lipinski definition) is 5. The van der Waals surface area contributed by atoms with E-state index in [0.29, 0.717) is 23.6 Å². The van der Waals surface area contributed by atoms with E-state index in [-0.39, 0.29) is 11.2 Å². The summed E-state index contributed by atoms with van der Waals surface area (Å²) in [7, 11) is 0. The smallest absolute Gasteiger partial charge is 0.330 e. The zero-order valence-corrected chi connectivity index (χ0v) is 13.7. The second kappa shape index (κ2) is 7.35. The first-order valence-electron chi connectivity index (χ1n) is 7.27. The van der Waals surface area contributed by atoms with E-state index in [0.717, 1.165) is 12.8 Å². The van der Waals surface area contributed by atoms with Crippen molar-refractivity contribution in [2.75, 3.05) is 6.61 Å². The fraction of sp³-hybridized carbons (Fsp3) is 0.467. The van der Waals surface area contributed by atoms with Crippen LogP contribution in [0.15, 0.2) is 12.4 Å². The first kappa shape index (κ1) is 16.4. The van der Waals surface area contributed by atoms with Crippen LogP contribution in [0.25, 0.3) is 17.2 Å². The lowest BCUT2D eigenvalue weighted by atomic mass is 10.3. The number of esters is 1. The molecular formula is C15H19ClN4O2. The fourth-order valence-corrected chi connectivity index (χ4v) is 2.08. The molecular weight excluding hydrogens is 304 g/mol. The zero-order chi connectivity index (χ0) is 16.1. The van der Waals surface area contributed by atoms with E-state index in [9.17, 15) is 4.79 Å². The van der Waals surface area contributed by atoms with Crippen molar-refractivity contribution in [3.63, 3.8) is 0 Å². The average Bonchev–Trinajstić information content (AvgIpc) is 2.90. The molecule has 0 spiro atoms. The Hall–Kier alpha value is -1.95. The summed E-state index contributed by atoms with van der Waals surface area (Å²) in [6.07, 6.45) is 6.32. The number of halogens is 1. The van der Waals surface area contributed by atoms with Crippen molar-refractivity contribution in [3.8, 4) is 0 Å². The predicted octanol–water partition coefficient (Wildman–Crippen LogP) is 3.42. The van der Waals surface area contributed by atoms with Crippen LogP contribution in [0.3, 0.4) is 0 Å². The van der Waals surface area contributed by atoms with E-state index in [4.69, 9.17) is 16.3 Å². The van der Waals surface area contributed by atoms with Gasteiger partial charge >= 0.3 is 5.97 Å². The standard InChI is InChI=1S/C15H19ClN4O2/c1-4-5-8-22-12(21)7-6-11-18-14(16)13-15(19-11)20(9-17-13)10(2)3/h6-7,9-10H,4-5,8H2,1-3H3/b7-6+. The molecule has 0 atom stereocenters. The van der Waals surface area contributed by atoms with Crippen molar-refractivity contribution in [2.24, 2.45) is 0 Å². The van der Waals surface area contributed by atoms with Crippen molar-refractivity contribution in [1.29, 1.82) is 0 Å². The maximum Gasteiger partial charge on any atom is 0.330 e. The van der Waals surface area contributed by atoms with Crippen LogP contribution in [0, 0.1) is 0 Å². The molecule has 2 aromatic heterocycles. The number of fused-ring (bicyclic) bond motifs is 1. The van der Waals surface area contributed by atoms with Gasteiger partial charge in [0.25, 0.3) is 0 Å². The Bertz CT molecular complexity index is 694. The Balaban J connectivity index is 2.21. The molecule has 0 unspecified atom stereocenters. The van der Waals surface area contributed by atoms with Crippen LogP contribution < -0.4 is 0 Å². The highest BCUT2D eigenvalue weighted by atomic mass is 35.5. The largest absolute Gasteiger partial charge is 0.463 e. The minimum Gasteiger partial charge on any atom is -0.463 e. The van der Waals surface area contributed by atoms with E-state index in [1.54, 1.807) is 6.33 Å². The molecule has 2 aromatic rings. The maximum absolute atomic E-state index is 11.5. The SMILES string of the molecule is CCCCOC(=O)/C=C/c1nc(Cl)c2ncn(C(C)C)c2n1. The third-order valence-electron chi connectivity index (χ3n) is 3.06. The summed E-state index contributed by atoms with van der Waals surface area (Å²) in [6.45, 7) is 6.50. The minimum absolute atomic E-state index is 0.201. The van der Waals surface area contributed by atoms with Crippen LogP contribution in [0.4, 0.5) is 0 Å². The quantitative estimate of drug-likeness (QED) is 0.353. The van der Waals surface area contributed by atoms with Gasteiger partial charge in [-0.2, -0.15) is 0 Å². The minimum atomic E-state index is -0.411. The van der Waals surface area contributed by atoms with Gasteiger partial charge in [0, 0.05) is 12.1 Å². The fourth-order valence-electron chi connectivity index (χ4n) is 1.86. The molecule has 0 fully saturated rings. The molecule has 0 aliphatic rings. The van der Waals surface area contributed by atoms with Crippen molar-refractivity contribution in [2.45, 2.75) is 39.7 Å². The third kappa shape index (κ3) is 3.82. The Kier molecular flexibility index (Phi) is 5.49. The van der Waals surface area contributed by atoms with Gasteiger partial charge in [-0.15, -0.1) is 0 Å². The number of ether oxygens (including phenoxy) is 1. The van der Waals surface area contributed by atoms with E-state index >= 15 is 0 Å². The number of unbranched alkanes of at least 4 members (excludes halogenated alkanes) is 1. The number of rotatable bonds is 6. The topological polar surface area (TPSA) is 69.9 Å². The highest BCUT2D eigenvalue weighted by Gasteiger charge is 2.12. The van der Waals surface area contributed by atoms with Gasteiger partial charge in [-0.05, 0) is 26.3 Å². The van der Waals surface area contributed by atoms with Crippen molar-refractivity contribution in [3.05, 3.63) is 23.4 Å². The van der Waals surface area contributed by atoms with Gasteiger partial charge in [-0.1, -0.05) is 24.9 Å². The van der Waals surface area contributed by atoms with Crippen molar-refractivity contribution < 1.29 is 9.53 Å². The molecule has 0 saturated carbocycles. The average molecular weight is 323 g/mol. The van der Waals surface area contributed by atoms with E-state index in [2.05, 4.69) is 15.0 Å². The molecule has 2 heterocycles. The molecule has 0 saturated heterocycles. The van der Waals surface area contributed by atoms with Crippen LogP contribution in [0.2, 0.25) is 5.15 Å². The Labute approximate surface area is 134 Å². The van der Waals surface area contributed by atoms with E-state index < -0.39 is 5.97 Å². The Morgan fingerprint density at radius 1 is 1.45 bits per heavy atom. The summed E-state index contributed by atoms with van der Waals surface area (Å²) in [4.78, 5) is 24.3. The van der Waals surface area contributed by atoms with Crippen LogP contribution in [0.5, 0.6) is 0 Å². The van der Waals surface area contributed by atoms with Gasteiger partial charge in [-0.3, -0.25) is 0 Å². The van der Waals surface area contributed by atoms with Gasteiger partial charge in [0.05, 0.1) is 12.9 Å². The molecule has 0 aromatic carbocycles. The summed E-state index contributed by atoms with van der Waals surface area (Å²) in [6, 6.07) is 0.201. The molecule has 7 heteroatoms. The van der Waals surface area contributed by atoms with Gasteiger partial charge in [0.15, 0.2) is 16.6 Å². The number of carbonyl (C=O) groups is 1. The van der Waals surface area contributed by atoms with E-state index in [1.807, 2.05) is 25.3 Å². The second-order valence-electron chi connectivity index (χ2n) is 5.14. The zero-order valence-electron chi connectivity index (χ0n) is 12.9. The first-order valence-corrected chi connectivity index (χ1v) is 7.65. The highest BCUT2D eigenvalue weighted by Crippen LogP contribution is 2.21. The van der Waals surface area contributed by atoms with Crippen molar-refractivity contribution >= 4 is 34.8 Å². The lowest BCUT2D eigenvalue weighted by Crippen LogP contribution is -2.03. The Morgan fingerprint density at radius 2 is 2.23 bits per heavy atom. The lowest BCUT2D eigenvalue weighted by molar-refractivity contribution is -0.137. The highest BCUT2D eigenvalue weighted by molar-refractivity contribution is 6.33. The number of hydrogen-bond donors (Lipinski definition) is 0. The molecule has 0 N–H and O–H groups in total. The summed E-state index contributed by atoms with van der Waals surface area (Å²) >= 11 is 6.12. The van der Waals surface area contributed by atoms with Crippen LogP contribution >= 0.6 is 11.6 Å². The molecule has 118 valence electrons. The van der Waals surface area contributed by atoms with E-state index in [1.165, 1.54) is 12.2 Å². The summed E-state index contributed by atoms with van der Waals surface area (Å²) in [5.74, 6) is -0.0574. The Morgan fingerprint density at radius 3 is 2.91 bits per heavy atom. The molecule has 0 amide bonds. The summed E-state index contributed by atoms with van der Waals surface area (Å²) in [5.41, 5.74) is 1.20. The molecule has 0 radical (unpaired) electrons. The van der Waals surface area contributed by atoms with Crippen molar-refractivity contribution in [1.82, 2.24) is 19.5 Å².